The predicted molar refractivity (Wildman–Crippen MR) is 257 cm³/mol. The highest BCUT2D eigenvalue weighted by molar-refractivity contribution is 7.99. The van der Waals surface area contributed by atoms with Crippen molar-refractivity contribution in [1.82, 2.24) is 14.7 Å². The summed E-state index contributed by atoms with van der Waals surface area (Å²) in [5.74, 6) is 0.416. The van der Waals surface area contributed by atoms with Gasteiger partial charge in [-0.15, -0.1) is 11.8 Å². The number of aliphatic hydroxyl groups is 1. The maximum Gasteiger partial charge on any atom is 0.293 e. The van der Waals surface area contributed by atoms with E-state index in [2.05, 4.69) is 58.6 Å². The van der Waals surface area contributed by atoms with Gasteiger partial charge in [0.25, 0.3) is 5.69 Å². The molecule has 15 heteroatoms. The first-order chi connectivity index (χ1) is 30.7. The van der Waals surface area contributed by atoms with Crippen LogP contribution in [0.5, 0.6) is 0 Å². The second-order valence-corrected chi connectivity index (χ2v) is 20.6. The van der Waals surface area contributed by atoms with Gasteiger partial charge in [0.2, 0.25) is 5.91 Å². The van der Waals surface area contributed by atoms with E-state index in [0.29, 0.717) is 40.8 Å². The van der Waals surface area contributed by atoms with Crippen LogP contribution in [0.1, 0.15) is 39.7 Å². The van der Waals surface area contributed by atoms with Crippen molar-refractivity contribution in [2.75, 3.05) is 67.0 Å². The van der Waals surface area contributed by atoms with Crippen LogP contribution in [-0.2, 0) is 15.8 Å². The minimum absolute atomic E-state index is 0.0469. The van der Waals surface area contributed by atoms with Crippen molar-refractivity contribution >= 4 is 68.7 Å². The van der Waals surface area contributed by atoms with Crippen molar-refractivity contribution in [3.05, 3.63) is 146 Å². The maximum atomic E-state index is 14.6. The molecule has 64 heavy (non-hydrogen) atoms. The predicted octanol–water partition coefficient (Wildman–Crippen LogP) is 8.86. The van der Waals surface area contributed by atoms with E-state index in [1.165, 1.54) is 11.8 Å². The molecule has 9 rings (SSSR count). The average molecular weight is 921 g/mol. The maximum absolute atomic E-state index is 14.6. The Balaban J connectivity index is 0.902. The molecule has 4 aromatic rings. The third-order valence-electron chi connectivity index (χ3n) is 13.9. The lowest BCUT2D eigenvalue weighted by atomic mass is 9.59. The van der Waals surface area contributed by atoms with E-state index in [1.54, 1.807) is 23.9 Å². The van der Waals surface area contributed by atoms with Crippen LogP contribution in [0.15, 0.2) is 135 Å². The third-order valence-corrected chi connectivity index (χ3v) is 16.2. The summed E-state index contributed by atoms with van der Waals surface area (Å²) < 4.78 is 16.4. The number of allylic oxidation sites excluding steroid dienone is 2. The number of carbonyl (C=O) groups excluding carboxylic acids is 1. The van der Waals surface area contributed by atoms with Gasteiger partial charge in [-0.25, -0.2) is 4.21 Å². The number of carbonyl (C=O) groups is 1. The van der Waals surface area contributed by atoms with Crippen LogP contribution in [0.25, 0.3) is 5.70 Å². The number of piperazine rings is 1. The van der Waals surface area contributed by atoms with Crippen LogP contribution in [-0.4, -0.2) is 98.6 Å². The Bertz CT molecular complexity index is 2600. The van der Waals surface area contributed by atoms with Gasteiger partial charge in [-0.05, 0) is 111 Å². The quantitative estimate of drug-likeness (QED) is 0.0548. The molecule has 334 valence electrons. The Kier molecular flexibility index (Phi) is 11.9. The Morgan fingerprint density at radius 3 is 2.30 bits per heavy atom. The molecular weight excluding hydrogens is 866 g/mol. The smallest absolute Gasteiger partial charge is 0.293 e. The van der Waals surface area contributed by atoms with Gasteiger partial charge in [0, 0.05) is 108 Å². The Morgan fingerprint density at radius 1 is 0.922 bits per heavy atom. The molecule has 0 bridgehead atoms. The SMILES string of the molecule is CC1C(N2CCN(c3ccc(NS(=O)c4ccc(NCCSc5ccccc5)c([N+](=O)[O-])c4)cc3)CC2)=CC2(C)C3=C(c4ccc(Cl)cc4)N(C)C(C)C3C(=O)N3CCC(C)(O)C1=C32. The van der Waals surface area contributed by atoms with Gasteiger partial charge < -0.3 is 34.7 Å². The van der Waals surface area contributed by atoms with Crippen molar-refractivity contribution in [3.8, 4) is 0 Å². The number of anilines is 3. The summed E-state index contributed by atoms with van der Waals surface area (Å²) in [6.07, 6.45) is 2.89. The number of hydrogen-bond acceptors (Lipinski definition) is 10. The highest BCUT2D eigenvalue weighted by atomic mass is 35.5. The normalized spacial score (nSPS) is 25.8. The second-order valence-electron chi connectivity index (χ2n) is 17.8. The van der Waals surface area contributed by atoms with Crippen LogP contribution < -0.4 is 14.9 Å². The Morgan fingerprint density at radius 2 is 1.61 bits per heavy atom. The molecule has 12 nitrogen and oxygen atoms in total. The number of amides is 1. The topological polar surface area (TPSA) is 135 Å². The average Bonchev–Trinajstić information content (AvgIpc) is 3.56. The van der Waals surface area contributed by atoms with E-state index >= 15 is 0 Å². The lowest BCUT2D eigenvalue weighted by molar-refractivity contribution is -0.384. The van der Waals surface area contributed by atoms with Gasteiger partial charge >= 0.3 is 0 Å². The summed E-state index contributed by atoms with van der Waals surface area (Å²) in [6.45, 7) is 12.6. The molecule has 5 aliphatic rings. The van der Waals surface area contributed by atoms with Crippen LogP contribution in [0.3, 0.4) is 0 Å². The summed E-state index contributed by atoms with van der Waals surface area (Å²) in [5.41, 5.74) is 6.44. The zero-order valence-electron chi connectivity index (χ0n) is 36.7. The van der Waals surface area contributed by atoms with Gasteiger partial charge in [0.15, 0.2) is 11.0 Å². The number of thioether (sulfide) groups is 1. The molecule has 2 fully saturated rings. The molecular formula is C49H54ClN7O5S2. The van der Waals surface area contributed by atoms with E-state index in [0.717, 1.165) is 70.6 Å². The highest BCUT2D eigenvalue weighted by Crippen LogP contribution is 2.62. The van der Waals surface area contributed by atoms with Crippen LogP contribution in [0.2, 0.25) is 5.02 Å². The first kappa shape index (κ1) is 43.9. The molecule has 1 amide bonds. The molecule has 4 aromatic carbocycles. The molecule has 6 unspecified atom stereocenters. The molecule has 4 aliphatic heterocycles. The second kappa shape index (κ2) is 17.3. The van der Waals surface area contributed by atoms with Gasteiger partial charge in [-0.2, -0.15) is 0 Å². The van der Waals surface area contributed by atoms with E-state index in [1.807, 2.05) is 90.7 Å². The summed E-state index contributed by atoms with van der Waals surface area (Å²) >= 11 is 8.02. The van der Waals surface area contributed by atoms with Crippen molar-refractivity contribution in [2.45, 2.75) is 55.5 Å². The fraction of sp³-hybridized carbons (Fsp3) is 0.367. The number of piperidine rings is 1. The lowest BCUT2D eigenvalue weighted by Crippen LogP contribution is -2.59. The van der Waals surface area contributed by atoms with Crippen molar-refractivity contribution in [3.63, 3.8) is 0 Å². The highest BCUT2D eigenvalue weighted by Gasteiger charge is 2.61. The minimum Gasteiger partial charge on any atom is -0.386 e. The number of hydrogen-bond donors (Lipinski definition) is 3. The molecule has 6 atom stereocenters. The zero-order valence-corrected chi connectivity index (χ0v) is 39.1. The van der Waals surface area contributed by atoms with E-state index in [9.17, 15) is 24.2 Å². The molecule has 1 aliphatic carbocycles. The fourth-order valence-corrected chi connectivity index (χ4v) is 12.4. The molecule has 2 saturated heterocycles. The standard InChI is InChI=1S/C49H54ClN7O5S2/c1-31-41(30-48(3)44-42(47(58)56-23-21-49(4,59)43(31)46(48)56)32(2)53(5)45(44)33-11-13-34(50)14-12-33)55-26-24-54(25-27-55)36-17-15-35(16-18-36)52-64(62)38-19-20-39(40(29-38)57(60)61)51-22-28-63-37-9-7-6-8-10-37/h6-20,29-32,42,51-52,59H,21-28H2,1-5H3. The summed E-state index contributed by atoms with van der Waals surface area (Å²) in [5, 5.41) is 28.0. The molecule has 0 spiro atoms. The summed E-state index contributed by atoms with van der Waals surface area (Å²) in [4.78, 5) is 36.6. The van der Waals surface area contributed by atoms with Crippen molar-refractivity contribution < 1.29 is 19.0 Å². The van der Waals surface area contributed by atoms with E-state index in [-0.39, 0.29) is 29.5 Å². The van der Waals surface area contributed by atoms with E-state index in [4.69, 9.17) is 11.6 Å². The fourth-order valence-electron chi connectivity index (χ4n) is 10.6. The third kappa shape index (κ3) is 7.86. The number of halogens is 1. The van der Waals surface area contributed by atoms with Crippen LogP contribution >= 0.6 is 23.4 Å². The number of nitro groups is 1. The molecule has 3 N–H and O–H groups in total. The largest absolute Gasteiger partial charge is 0.386 e. The van der Waals surface area contributed by atoms with Gasteiger partial charge in [0.1, 0.15) is 5.69 Å². The molecule has 0 saturated carbocycles. The Labute approximate surface area is 386 Å². The monoisotopic (exact) mass is 919 g/mol. The van der Waals surface area contributed by atoms with Crippen LogP contribution in [0, 0.1) is 27.4 Å². The van der Waals surface area contributed by atoms with E-state index < -0.39 is 26.9 Å². The van der Waals surface area contributed by atoms with Crippen molar-refractivity contribution in [1.29, 1.82) is 0 Å². The number of rotatable bonds is 12. The minimum atomic E-state index is -1.73. The molecule has 4 heterocycles. The van der Waals surface area contributed by atoms with Gasteiger partial charge in [-0.3, -0.25) is 14.9 Å². The number of benzene rings is 4. The lowest BCUT2D eigenvalue weighted by Gasteiger charge is -2.56. The van der Waals surface area contributed by atoms with Crippen molar-refractivity contribution in [2.24, 2.45) is 17.3 Å². The zero-order chi connectivity index (χ0) is 45.1. The Hall–Kier alpha value is -5.28. The molecule has 0 aromatic heterocycles. The summed E-state index contributed by atoms with van der Waals surface area (Å²) in [6, 6.07) is 30.2. The number of nitro benzene ring substituents is 1. The van der Waals surface area contributed by atoms with Gasteiger partial charge in [-0.1, -0.05) is 48.9 Å². The first-order valence-corrected chi connectivity index (χ1v) is 24.4. The number of fused-ring (bicyclic) bond motifs is 2. The summed E-state index contributed by atoms with van der Waals surface area (Å²) in [7, 11) is 0.354. The first-order valence-electron chi connectivity index (χ1n) is 21.9. The van der Waals surface area contributed by atoms with Crippen LogP contribution in [0.4, 0.5) is 22.7 Å². The number of nitrogens with zero attached hydrogens (tertiary/aromatic N) is 5. The van der Waals surface area contributed by atoms with Gasteiger partial charge in [0.05, 0.1) is 26.8 Å². The molecule has 0 radical (unpaired) electrons. The number of nitrogens with one attached hydrogen (secondary N) is 2.